The Bertz CT molecular complexity index is 1290. The van der Waals surface area contributed by atoms with Crippen LogP contribution in [0.1, 0.15) is 31.9 Å². The van der Waals surface area contributed by atoms with Crippen LogP contribution in [0.3, 0.4) is 0 Å². The van der Waals surface area contributed by atoms with Crippen molar-refractivity contribution in [2.24, 2.45) is 7.05 Å². The van der Waals surface area contributed by atoms with Gasteiger partial charge in [0, 0.05) is 24.4 Å². The fourth-order valence-corrected chi connectivity index (χ4v) is 3.97. The van der Waals surface area contributed by atoms with E-state index in [0.717, 1.165) is 27.6 Å². The Morgan fingerprint density at radius 2 is 1.84 bits per heavy atom. The van der Waals surface area contributed by atoms with Crippen LogP contribution in [0.25, 0.3) is 21.8 Å². The topological polar surface area (TPSA) is 78.2 Å². The van der Waals surface area contributed by atoms with Crippen molar-refractivity contribution in [1.82, 2.24) is 19.7 Å². The van der Waals surface area contributed by atoms with Crippen molar-refractivity contribution in [2.75, 3.05) is 6.61 Å². The van der Waals surface area contributed by atoms with E-state index in [1.807, 2.05) is 66.9 Å². The van der Waals surface area contributed by atoms with E-state index in [9.17, 15) is 9.59 Å². The van der Waals surface area contributed by atoms with E-state index >= 15 is 0 Å². The Balaban J connectivity index is 1.69. The number of carbonyl (C=O) groups excluding carboxylic acids is 1. The highest BCUT2D eigenvalue weighted by Crippen LogP contribution is 2.30. The summed E-state index contributed by atoms with van der Waals surface area (Å²) in [6.45, 7) is 4.91. The van der Waals surface area contributed by atoms with Gasteiger partial charge in [-0.3, -0.25) is 9.59 Å². The first-order valence-electron chi connectivity index (χ1n) is 10.5. The molecule has 31 heavy (non-hydrogen) atoms. The summed E-state index contributed by atoms with van der Waals surface area (Å²) in [5.74, 6) is 0.677. The molecule has 0 radical (unpaired) electrons. The lowest BCUT2D eigenvalue weighted by Gasteiger charge is -2.19. The zero-order valence-electron chi connectivity index (χ0n) is 18.0. The van der Waals surface area contributed by atoms with Gasteiger partial charge in [-0.25, -0.2) is 4.68 Å². The normalized spacial score (nSPS) is 12.2. The third-order valence-corrected chi connectivity index (χ3v) is 5.51. The summed E-state index contributed by atoms with van der Waals surface area (Å²) in [6, 6.07) is 14.9. The van der Waals surface area contributed by atoms with Crippen LogP contribution < -0.4 is 15.6 Å². The first kappa shape index (κ1) is 20.7. The molecule has 0 fully saturated rings. The van der Waals surface area contributed by atoms with Crippen LogP contribution in [-0.2, 0) is 18.4 Å². The molecule has 7 nitrogen and oxygen atoms in total. The van der Waals surface area contributed by atoms with Crippen LogP contribution >= 0.6 is 0 Å². The first-order chi connectivity index (χ1) is 15.0. The van der Waals surface area contributed by atoms with Crippen molar-refractivity contribution in [3.05, 3.63) is 70.6 Å². The van der Waals surface area contributed by atoms with Gasteiger partial charge in [0.2, 0.25) is 5.91 Å². The Kier molecular flexibility index (Phi) is 5.75. The summed E-state index contributed by atoms with van der Waals surface area (Å²) in [7, 11) is 1.62. The smallest absolute Gasteiger partial charge is 0.291 e. The lowest BCUT2D eigenvalue weighted by atomic mass is 10.1. The number of aromatic nitrogens is 3. The monoisotopic (exact) mass is 418 g/mol. The van der Waals surface area contributed by atoms with Crippen LogP contribution in [0, 0.1) is 0 Å². The SMILES string of the molecule is CCOc1ccc(CNC(=O)C(CC)n2c3ccccc3c3cnn(C)c(=O)c32)cc1. The van der Waals surface area contributed by atoms with Gasteiger partial charge >= 0.3 is 0 Å². The molecule has 1 N–H and O–H groups in total. The molecule has 0 saturated heterocycles. The van der Waals surface area contributed by atoms with Crippen molar-refractivity contribution in [3.63, 3.8) is 0 Å². The Hall–Kier alpha value is -3.61. The van der Waals surface area contributed by atoms with Crippen molar-refractivity contribution >= 4 is 27.7 Å². The number of para-hydroxylation sites is 1. The molecule has 1 unspecified atom stereocenters. The average molecular weight is 418 g/mol. The van der Waals surface area contributed by atoms with Crippen LogP contribution in [0.15, 0.2) is 59.5 Å². The van der Waals surface area contributed by atoms with Gasteiger partial charge < -0.3 is 14.6 Å². The summed E-state index contributed by atoms with van der Waals surface area (Å²) >= 11 is 0. The number of nitrogens with one attached hydrogen (secondary N) is 1. The lowest BCUT2D eigenvalue weighted by molar-refractivity contribution is -0.124. The van der Waals surface area contributed by atoms with Crippen LogP contribution in [0.4, 0.5) is 0 Å². The van der Waals surface area contributed by atoms with Crippen molar-refractivity contribution in [1.29, 1.82) is 0 Å². The number of rotatable bonds is 7. The summed E-state index contributed by atoms with van der Waals surface area (Å²) in [6.07, 6.45) is 2.24. The highest BCUT2D eigenvalue weighted by atomic mass is 16.5. The van der Waals surface area contributed by atoms with Crippen molar-refractivity contribution in [3.8, 4) is 5.75 Å². The molecule has 2 heterocycles. The molecule has 4 aromatic rings. The summed E-state index contributed by atoms with van der Waals surface area (Å²) in [5.41, 5.74) is 2.12. The average Bonchev–Trinajstić information content (AvgIpc) is 3.12. The number of ether oxygens (including phenoxy) is 1. The van der Waals surface area contributed by atoms with Crippen molar-refractivity contribution in [2.45, 2.75) is 32.9 Å². The van der Waals surface area contributed by atoms with Gasteiger partial charge in [0.05, 0.1) is 18.3 Å². The maximum absolute atomic E-state index is 13.2. The molecule has 4 rings (SSSR count). The molecule has 1 atom stereocenters. The standard InChI is InChI=1S/C24H26N4O3/c1-4-20(23(29)25-14-16-10-12-17(13-11-16)31-5-2)28-21-9-7-6-8-18(21)19-15-26-27(3)24(30)22(19)28/h6-13,15,20H,4-5,14H2,1-3H3,(H,25,29). The second-order valence-corrected chi connectivity index (χ2v) is 7.44. The summed E-state index contributed by atoms with van der Waals surface area (Å²) in [4.78, 5) is 26.2. The molecule has 0 aliphatic heterocycles. The minimum Gasteiger partial charge on any atom is -0.494 e. The van der Waals surface area contributed by atoms with Gasteiger partial charge in [0.25, 0.3) is 5.56 Å². The predicted molar refractivity (Wildman–Crippen MR) is 121 cm³/mol. The van der Waals surface area contributed by atoms with Crippen LogP contribution in [-0.4, -0.2) is 26.9 Å². The molecule has 2 aromatic heterocycles. The number of hydrogen-bond donors (Lipinski definition) is 1. The molecular formula is C24H26N4O3. The summed E-state index contributed by atoms with van der Waals surface area (Å²) in [5, 5.41) is 8.88. The van der Waals surface area contributed by atoms with Gasteiger partial charge in [-0.15, -0.1) is 0 Å². The van der Waals surface area contributed by atoms with Gasteiger partial charge in [-0.05, 0) is 37.1 Å². The van der Waals surface area contributed by atoms with Crippen molar-refractivity contribution < 1.29 is 9.53 Å². The number of aryl methyl sites for hydroxylation is 1. The highest BCUT2D eigenvalue weighted by molar-refractivity contribution is 6.08. The molecule has 0 bridgehead atoms. The quantitative estimate of drug-likeness (QED) is 0.498. The molecule has 0 aliphatic carbocycles. The Morgan fingerprint density at radius 1 is 1.10 bits per heavy atom. The number of amides is 1. The number of benzene rings is 2. The number of fused-ring (bicyclic) bond motifs is 3. The fourth-order valence-electron chi connectivity index (χ4n) is 3.97. The molecule has 0 saturated carbocycles. The third-order valence-electron chi connectivity index (χ3n) is 5.51. The molecular weight excluding hydrogens is 392 g/mol. The molecule has 7 heteroatoms. The minimum absolute atomic E-state index is 0.127. The largest absolute Gasteiger partial charge is 0.494 e. The molecule has 160 valence electrons. The van der Waals surface area contributed by atoms with Gasteiger partial charge in [-0.1, -0.05) is 37.3 Å². The second kappa shape index (κ2) is 8.63. The predicted octanol–water partition coefficient (Wildman–Crippen LogP) is 3.55. The lowest BCUT2D eigenvalue weighted by Crippen LogP contribution is -2.33. The maximum atomic E-state index is 13.2. The maximum Gasteiger partial charge on any atom is 0.291 e. The Morgan fingerprint density at radius 3 is 2.55 bits per heavy atom. The second-order valence-electron chi connectivity index (χ2n) is 7.44. The van der Waals surface area contributed by atoms with E-state index in [0.29, 0.717) is 25.1 Å². The van der Waals surface area contributed by atoms with Crippen LogP contribution in [0.5, 0.6) is 5.75 Å². The van der Waals surface area contributed by atoms with Crippen LogP contribution in [0.2, 0.25) is 0 Å². The third kappa shape index (κ3) is 3.79. The fraction of sp³-hybridized carbons (Fsp3) is 0.292. The molecule has 2 aromatic carbocycles. The van der Waals surface area contributed by atoms with E-state index < -0.39 is 6.04 Å². The number of hydrogen-bond acceptors (Lipinski definition) is 4. The van der Waals surface area contributed by atoms with Gasteiger partial charge in [-0.2, -0.15) is 5.10 Å². The zero-order chi connectivity index (χ0) is 22.0. The molecule has 0 spiro atoms. The first-order valence-corrected chi connectivity index (χ1v) is 10.5. The highest BCUT2D eigenvalue weighted by Gasteiger charge is 2.25. The van der Waals surface area contributed by atoms with Gasteiger partial charge in [0.1, 0.15) is 17.3 Å². The number of carbonyl (C=O) groups is 1. The number of nitrogens with zero attached hydrogens (tertiary/aromatic N) is 3. The van der Waals surface area contributed by atoms with E-state index in [1.165, 1.54) is 4.68 Å². The van der Waals surface area contributed by atoms with E-state index in [4.69, 9.17) is 4.74 Å². The summed E-state index contributed by atoms with van der Waals surface area (Å²) < 4.78 is 8.64. The Labute approximate surface area is 180 Å². The van der Waals surface area contributed by atoms with E-state index in [2.05, 4.69) is 10.4 Å². The molecule has 1 amide bonds. The zero-order valence-corrected chi connectivity index (χ0v) is 18.0. The van der Waals surface area contributed by atoms with E-state index in [-0.39, 0.29) is 11.5 Å². The minimum atomic E-state index is -0.514. The molecule has 0 aliphatic rings. The van der Waals surface area contributed by atoms with E-state index in [1.54, 1.807) is 13.2 Å². The van der Waals surface area contributed by atoms with Gasteiger partial charge in [0.15, 0.2) is 0 Å².